The van der Waals surface area contributed by atoms with Crippen LogP contribution in [0.5, 0.6) is 5.75 Å². The zero-order chi connectivity index (χ0) is 21.7. The van der Waals surface area contributed by atoms with Gasteiger partial charge in [0.15, 0.2) is 0 Å². The molecule has 7 heteroatoms. The number of carbonyl (C=O) groups is 1. The van der Waals surface area contributed by atoms with Crippen molar-refractivity contribution >= 4 is 15.9 Å². The van der Waals surface area contributed by atoms with Gasteiger partial charge >= 0.3 is 0 Å². The minimum absolute atomic E-state index is 0.178. The molecular weight excluding hydrogens is 400 g/mol. The van der Waals surface area contributed by atoms with Gasteiger partial charge in [-0.1, -0.05) is 31.0 Å². The van der Waals surface area contributed by atoms with E-state index in [0.29, 0.717) is 18.7 Å². The number of amides is 1. The van der Waals surface area contributed by atoms with Crippen molar-refractivity contribution < 1.29 is 17.9 Å². The molecule has 1 amide bonds. The van der Waals surface area contributed by atoms with Crippen molar-refractivity contribution in [3.63, 3.8) is 0 Å². The first-order chi connectivity index (χ1) is 14.3. The maximum Gasteiger partial charge on any atom is 0.252 e. The molecule has 0 saturated carbocycles. The minimum Gasteiger partial charge on any atom is -0.497 e. The van der Waals surface area contributed by atoms with E-state index in [1.165, 1.54) is 6.07 Å². The van der Waals surface area contributed by atoms with Gasteiger partial charge in [0.05, 0.1) is 18.0 Å². The third-order valence-corrected chi connectivity index (χ3v) is 7.51. The third kappa shape index (κ3) is 5.02. The number of benzene rings is 2. The molecule has 1 fully saturated rings. The molecule has 1 saturated heterocycles. The second-order valence-corrected chi connectivity index (χ2v) is 9.70. The summed E-state index contributed by atoms with van der Waals surface area (Å²) in [5, 5.41) is 2.97. The standard InChI is InChI=1S/C23H30N2O4S/c1-17-8-13-21(30(27,28)25-14-6-4-5-7-15-25)16-22(17)23(26)24-18(2)19-9-11-20(29-3)12-10-19/h8-13,16,18H,4-7,14-15H2,1-3H3,(H,24,26). The highest BCUT2D eigenvalue weighted by Crippen LogP contribution is 2.24. The zero-order valence-electron chi connectivity index (χ0n) is 17.8. The highest BCUT2D eigenvalue weighted by atomic mass is 32.2. The lowest BCUT2D eigenvalue weighted by atomic mass is 10.1. The molecule has 0 bridgehead atoms. The second-order valence-electron chi connectivity index (χ2n) is 7.76. The Bertz CT molecular complexity index is 979. The molecule has 1 aliphatic rings. The Hall–Kier alpha value is -2.38. The molecule has 0 spiro atoms. The Balaban J connectivity index is 1.80. The Morgan fingerprint density at radius 1 is 1.03 bits per heavy atom. The van der Waals surface area contributed by atoms with E-state index in [9.17, 15) is 13.2 Å². The fourth-order valence-corrected chi connectivity index (χ4v) is 5.23. The molecule has 1 aliphatic heterocycles. The van der Waals surface area contributed by atoms with Crippen LogP contribution < -0.4 is 10.1 Å². The summed E-state index contributed by atoms with van der Waals surface area (Å²) in [7, 11) is -2.00. The Morgan fingerprint density at radius 2 is 1.67 bits per heavy atom. The Morgan fingerprint density at radius 3 is 2.27 bits per heavy atom. The molecule has 162 valence electrons. The van der Waals surface area contributed by atoms with Crippen LogP contribution in [0.4, 0.5) is 0 Å². The van der Waals surface area contributed by atoms with Gasteiger partial charge in [0.1, 0.15) is 5.75 Å². The van der Waals surface area contributed by atoms with Crippen molar-refractivity contribution in [1.82, 2.24) is 9.62 Å². The third-order valence-electron chi connectivity index (χ3n) is 5.62. The topological polar surface area (TPSA) is 75.7 Å². The highest BCUT2D eigenvalue weighted by molar-refractivity contribution is 7.89. The number of hydrogen-bond acceptors (Lipinski definition) is 4. The van der Waals surface area contributed by atoms with Crippen molar-refractivity contribution in [2.45, 2.75) is 50.5 Å². The van der Waals surface area contributed by atoms with Crippen LogP contribution in [-0.2, 0) is 10.0 Å². The van der Waals surface area contributed by atoms with E-state index in [1.54, 1.807) is 23.5 Å². The summed E-state index contributed by atoms with van der Waals surface area (Å²) in [5.41, 5.74) is 2.06. The quantitative estimate of drug-likeness (QED) is 0.750. The number of aryl methyl sites for hydroxylation is 1. The van der Waals surface area contributed by atoms with E-state index in [-0.39, 0.29) is 16.8 Å². The summed E-state index contributed by atoms with van der Waals surface area (Å²) in [6.45, 7) is 4.78. The monoisotopic (exact) mass is 430 g/mol. The first-order valence-electron chi connectivity index (χ1n) is 10.4. The lowest BCUT2D eigenvalue weighted by Crippen LogP contribution is -2.32. The predicted molar refractivity (Wildman–Crippen MR) is 117 cm³/mol. The number of hydrogen-bond donors (Lipinski definition) is 1. The van der Waals surface area contributed by atoms with Gasteiger partial charge in [0.2, 0.25) is 10.0 Å². The molecular formula is C23H30N2O4S. The van der Waals surface area contributed by atoms with E-state index in [4.69, 9.17) is 4.74 Å². The summed E-state index contributed by atoms with van der Waals surface area (Å²) in [4.78, 5) is 13.1. The summed E-state index contributed by atoms with van der Waals surface area (Å²) in [6, 6.07) is 12.1. The van der Waals surface area contributed by atoms with Crippen LogP contribution in [0.3, 0.4) is 0 Å². The van der Waals surface area contributed by atoms with Crippen LogP contribution in [-0.4, -0.2) is 38.8 Å². The van der Waals surface area contributed by atoms with Gasteiger partial charge in [0, 0.05) is 18.7 Å². The molecule has 2 aromatic rings. The van der Waals surface area contributed by atoms with Crippen LogP contribution in [0, 0.1) is 6.92 Å². The summed E-state index contributed by atoms with van der Waals surface area (Å²) >= 11 is 0. The SMILES string of the molecule is COc1ccc(C(C)NC(=O)c2cc(S(=O)(=O)N3CCCCCC3)ccc2C)cc1. The number of nitrogens with one attached hydrogen (secondary N) is 1. The predicted octanol–water partition coefficient (Wildman–Crippen LogP) is 4.06. The van der Waals surface area contributed by atoms with Crippen molar-refractivity contribution in [2.24, 2.45) is 0 Å². The van der Waals surface area contributed by atoms with Gasteiger partial charge in [0.25, 0.3) is 5.91 Å². The zero-order valence-corrected chi connectivity index (χ0v) is 18.7. The number of rotatable bonds is 6. The molecule has 3 rings (SSSR count). The first kappa shape index (κ1) is 22.3. The Labute approximate surface area is 179 Å². The molecule has 0 aliphatic carbocycles. The van der Waals surface area contributed by atoms with Gasteiger partial charge in [-0.2, -0.15) is 4.31 Å². The van der Waals surface area contributed by atoms with Crippen LogP contribution in [0.1, 0.15) is 60.1 Å². The smallest absolute Gasteiger partial charge is 0.252 e. The largest absolute Gasteiger partial charge is 0.497 e. The molecule has 6 nitrogen and oxygen atoms in total. The van der Waals surface area contributed by atoms with Crippen LogP contribution in [0.25, 0.3) is 0 Å². The van der Waals surface area contributed by atoms with Crippen molar-refractivity contribution in [3.05, 3.63) is 59.2 Å². The number of ether oxygens (including phenoxy) is 1. The second kappa shape index (κ2) is 9.62. The van der Waals surface area contributed by atoms with Gasteiger partial charge < -0.3 is 10.1 Å². The average Bonchev–Trinajstić information content (AvgIpc) is 3.04. The molecule has 0 radical (unpaired) electrons. The summed E-state index contributed by atoms with van der Waals surface area (Å²) < 4.78 is 32.9. The lowest BCUT2D eigenvalue weighted by Gasteiger charge is -2.21. The van der Waals surface area contributed by atoms with E-state index in [1.807, 2.05) is 38.1 Å². The first-order valence-corrected chi connectivity index (χ1v) is 11.8. The molecule has 1 N–H and O–H groups in total. The number of nitrogens with zero attached hydrogens (tertiary/aromatic N) is 1. The molecule has 1 unspecified atom stereocenters. The normalized spacial score (nSPS) is 16.5. The van der Waals surface area contributed by atoms with Gasteiger partial charge in [-0.3, -0.25) is 4.79 Å². The van der Waals surface area contributed by atoms with Crippen molar-refractivity contribution in [1.29, 1.82) is 0 Å². The van der Waals surface area contributed by atoms with E-state index in [2.05, 4.69) is 5.32 Å². The molecule has 1 atom stereocenters. The summed E-state index contributed by atoms with van der Waals surface area (Å²) in [6.07, 6.45) is 3.85. The average molecular weight is 431 g/mol. The number of carbonyl (C=O) groups excluding carboxylic acids is 1. The van der Waals surface area contributed by atoms with E-state index < -0.39 is 10.0 Å². The maximum atomic E-state index is 13.1. The van der Waals surface area contributed by atoms with Gasteiger partial charge in [-0.15, -0.1) is 0 Å². The fraction of sp³-hybridized carbons (Fsp3) is 0.435. The minimum atomic E-state index is -3.61. The van der Waals surface area contributed by atoms with Crippen molar-refractivity contribution in [3.8, 4) is 5.75 Å². The van der Waals surface area contributed by atoms with Crippen LogP contribution >= 0.6 is 0 Å². The molecule has 0 aromatic heterocycles. The Kier molecular flexibility index (Phi) is 7.15. The number of methoxy groups -OCH3 is 1. The highest BCUT2D eigenvalue weighted by Gasteiger charge is 2.26. The van der Waals surface area contributed by atoms with Crippen LogP contribution in [0.2, 0.25) is 0 Å². The van der Waals surface area contributed by atoms with Crippen molar-refractivity contribution in [2.75, 3.05) is 20.2 Å². The maximum absolute atomic E-state index is 13.1. The molecule has 2 aromatic carbocycles. The van der Waals surface area contributed by atoms with Crippen LogP contribution in [0.15, 0.2) is 47.4 Å². The van der Waals surface area contributed by atoms with E-state index >= 15 is 0 Å². The molecule has 30 heavy (non-hydrogen) atoms. The fourth-order valence-electron chi connectivity index (χ4n) is 3.69. The van der Waals surface area contributed by atoms with Gasteiger partial charge in [-0.25, -0.2) is 8.42 Å². The van der Waals surface area contributed by atoms with Gasteiger partial charge in [-0.05, 0) is 62.1 Å². The molecule has 1 heterocycles. The summed E-state index contributed by atoms with van der Waals surface area (Å²) in [5.74, 6) is 0.461. The van der Waals surface area contributed by atoms with E-state index in [0.717, 1.165) is 42.6 Å². The lowest BCUT2D eigenvalue weighted by molar-refractivity contribution is 0.0939. The number of sulfonamides is 1.